The van der Waals surface area contributed by atoms with Gasteiger partial charge in [0.1, 0.15) is 5.76 Å². The second-order valence-electron chi connectivity index (χ2n) is 6.09. The summed E-state index contributed by atoms with van der Waals surface area (Å²) < 4.78 is 7.54. The van der Waals surface area contributed by atoms with Crippen LogP contribution in [0.15, 0.2) is 15.5 Å². The molecular formula is C17H24N4O2. The smallest absolute Gasteiger partial charge is 0.256 e. The highest BCUT2D eigenvalue weighted by Gasteiger charge is 2.22. The van der Waals surface area contributed by atoms with E-state index >= 15 is 0 Å². The minimum Gasteiger partial charge on any atom is -0.444 e. The van der Waals surface area contributed by atoms with E-state index in [0.717, 1.165) is 61.0 Å². The van der Waals surface area contributed by atoms with Gasteiger partial charge in [-0.05, 0) is 26.7 Å². The molecule has 0 spiro atoms. The summed E-state index contributed by atoms with van der Waals surface area (Å²) in [7, 11) is 0. The second-order valence-corrected chi connectivity index (χ2v) is 6.09. The maximum atomic E-state index is 12.3. The highest BCUT2D eigenvalue weighted by atomic mass is 16.4. The van der Waals surface area contributed by atoms with E-state index in [1.54, 1.807) is 10.9 Å². The minimum absolute atomic E-state index is 0.109. The summed E-state index contributed by atoms with van der Waals surface area (Å²) in [5, 5.41) is 0. The molecule has 0 amide bonds. The Morgan fingerprint density at radius 1 is 1.35 bits per heavy atom. The van der Waals surface area contributed by atoms with Crippen LogP contribution in [0.25, 0.3) is 0 Å². The Bertz CT molecular complexity index is 748. The third-order valence-electron chi connectivity index (χ3n) is 4.38. The van der Waals surface area contributed by atoms with Gasteiger partial charge in [-0.25, -0.2) is 9.97 Å². The van der Waals surface area contributed by atoms with E-state index in [4.69, 9.17) is 4.42 Å². The van der Waals surface area contributed by atoms with Gasteiger partial charge in [-0.3, -0.25) is 14.3 Å². The fraction of sp³-hybridized carbons (Fsp3) is 0.588. The summed E-state index contributed by atoms with van der Waals surface area (Å²) in [4.78, 5) is 23.5. The van der Waals surface area contributed by atoms with Gasteiger partial charge in [-0.15, -0.1) is 0 Å². The van der Waals surface area contributed by atoms with E-state index in [9.17, 15) is 4.79 Å². The second kappa shape index (κ2) is 6.66. The fourth-order valence-corrected chi connectivity index (χ4v) is 3.03. The maximum Gasteiger partial charge on any atom is 0.256 e. The quantitative estimate of drug-likeness (QED) is 0.845. The lowest BCUT2D eigenvalue weighted by Crippen LogP contribution is -2.36. The van der Waals surface area contributed by atoms with Crippen LogP contribution in [0.3, 0.4) is 0 Å². The largest absolute Gasteiger partial charge is 0.444 e. The molecule has 1 aliphatic rings. The molecule has 0 saturated carbocycles. The van der Waals surface area contributed by atoms with E-state index in [2.05, 4.69) is 21.8 Å². The third kappa shape index (κ3) is 3.22. The van der Waals surface area contributed by atoms with Gasteiger partial charge in [0.2, 0.25) is 0 Å². The Labute approximate surface area is 136 Å². The average molecular weight is 316 g/mol. The number of aromatic nitrogens is 3. The molecule has 0 unspecified atom stereocenters. The standard InChI is InChI=1S/C17H24N4O2/c1-4-6-16-19-12(3)15(23-16)10-20-8-7-13-14(9-20)18-11-21(5-2)17(13)22/h11H,4-10H2,1-3H3. The van der Waals surface area contributed by atoms with Crippen molar-refractivity contribution in [1.82, 2.24) is 19.4 Å². The lowest BCUT2D eigenvalue weighted by atomic mass is 10.1. The van der Waals surface area contributed by atoms with Gasteiger partial charge in [0.25, 0.3) is 5.56 Å². The van der Waals surface area contributed by atoms with Crippen LogP contribution in [0.1, 0.15) is 48.9 Å². The number of hydrogen-bond acceptors (Lipinski definition) is 5. The van der Waals surface area contributed by atoms with E-state index in [1.165, 1.54) is 0 Å². The normalized spacial score (nSPS) is 14.9. The fourth-order valence-electron chi connectivity index (χ4n) is 3.03. The zero-order valence-electron chi connectivity index (χ0n) is 14.1. The predicted molar refractivity (Wildman–Crippen MR) is 87.2 cm³/mol. The topological polar surface area (TPSA) is 64.2 Å². The van der Waals surface area contributed by atoms with Crippen molar-refractivity contribution in [3.05, 3.63) is 45.3 Å². The molecule has 0 saturated heterocycles. The summed E-state index contributed by atoms with van der Waals surface area (Å²) in [6, 6.07) is 0. The van der Waals surface area contributed by atoms with E-state index < -0.39 is 0 Å². The highest BCUT2D eigenvalue weighted by molar-refractivity contribution is 5.20. The van der Waals surface area contributed by atoms with Gasteiger partial charge in [0.05, 0.1) is 24.3 Å². The average Bonchev–Trinajstić information content (AvgIpc) is 2.88. The summed E-state index contributed by atoms with van der Waals surface area (Å²) in [5.74, 6) is 1.75. The number of aryl methyl sites for hydroxylation is 3. The monoisotopic (exact) mass is 316 g/mol. The first kappa shape index (κ1) is 15.9. The number of rotatable bonds is 5. The molecule has 124 valence electrons. The Balaban J connectivity index is 1.75. The zero-order chi connectivity index (χ0) is 16.4. The number of fused-ring (bicyclic) bond motifs is 1. The third-order valence-corrected chi connectivity index (χ3v) is 4.38. The molecule has 0 aliphatic carbocycles. The van der Waals surface area contributed by atoms with Crippen molar-refractivity contribution in [2.45, 2.75) is 59.7 Å². The molecule has 0 N–H and O–H groups in total. The Hall–Kier alpha value is -1.95. The molecule has 0 radical (unpaired) electrons. The molecule has 3 heterocycles. The molecule has 3 rings (SSSR count). The number of nitrogens with zero attached hydrogens (tertiary/aromatic N) is 4. The molecule has 6 nitrogen and oxygen atoms in total. The van der Waals surface area contributed by atoms with Crippen molar-refractivity contribution in [3.8, 4) is 0 Å². The molecule has 23 heavy (non-hydrogen) atoms. The zero-order valence-corrected chi connectivity index (χ0v) is 14.1. The van der Waals surface area contributed by atoms with Gasteiger partial charge in [0, 0.05) is 31.6 Å². The summed E-state index contributed by atoms with van der Waals surface area (Å²) >= 11 is 0. The van der Waals surface area contributed by atoms with Crippen LogP contribution in [-0.2, 0) is 32.5 Å². The first-order chi connectivity index (χ1) is 11.1. The maximum absolute atomic E-state index is 12.3. The minimum atomic E-state index is 0.109. The Morgan fingerprint density at radius 3 is 2.91 bits per heavy atom. The molecule has 0 fully saturated rings. The molecule has 2 aromatic heterocycles. The number of oxazole rings is 1. The Kier molecular flexibility index (Phi) is 4.61. The molecule has 0 bridgehead atoms. The van der Waals surface area contributed by atoms with Crippen LogP contribution in [0.4, 0.5) is 0 Å². The van der Waals surface area contributed by atoms with Crippen molar-refractivity contribution in [2.75, 3.05) is 6.54 Å². The van der Waals surface area contributed by atoms with Crippen LogP contribution in [0.2, 0.25) is 0 Å². The summed E-state index contributed by atoms with van der Waals surface area (Å²) in [6.07, 6.45) is 4.31. The van der Waals surface area contributed by atoms with Gasteiger partial charge in [-0.1, -0.05) is 6.92 Å². The van der Waals surface area contributed by atoms with Crippen LogP contribution >= 0.6 is 0 Å². The molecule has 6 heteroatoms. The van der Waals surface area contributed by atoms with Gasteiger partial charge in [0.15, 0.2) is 5.89 Å². The molecular weight excluding hydrogens is 292 g/mol. The van der Waals surface area contributed by atoms with Crippen LogP contribution in [0, 0.1) is 6.92 Å². The van der Waals surface area contributed by atoms with Crippen molar-refractivity contribution in [3.63, 3.8) is 0 Å². The van der Waals surface area contributed by atoms with Crippen LogP contribution < -0.4 is 5.56 Å². The van der Waals surface area contributed by atoms with E-state index in [-0.39, 0.29) is 5.56 Å². The molecule has 1 aliphatic heterocycles. The van der Waals surface area contributed by atoms with Gasteiger partial charge < -0.3 is 4.42 Å². The lowest BCUT2D eigenvalue weighted by molar-refractivity contribution is 0.218. The van der Waals surface area contributed by atoms with Gasteiger partial charge >= 0.3 is 0 Å². The molecule has 0 aromatic carbocycles. The van der Waals surface area contributed by atoms with Crippen molar-refractivity contribution >= 4 is 0 Å². The van der Waals surface area contributed by atoms with Crippen molar-refractivity contribution < 1.29 is 4.42 Å². The Morgan fingerprint density at radius 2 is 2.17 bits per heavy atom. The molecule has 2 aromatic rings. The summed E-state index contributed by atoms with van der Waals surface area (Å²) in [5.41, 5.74) is 2.84. The summed E-state index contributed by atoms with van der Waals surface area (Å²) in [6.45, 7) is 9.01. The van der Waals surface area contributed by atoms with Crippen molar-refractivity contribution in [2.24, 2.45) is 0 Å². The van der Waals surface area contributed by atoms with Crippen molar-refractivity contribution in [1.29, 1.82) is 0 Å². The van der Waals surface area contributed by atoms with Crippen LogP contribution in [0.5, 0.6) is 0 Å². The lowest BCUT2D eigenvalue weighted by Gasteiger charge is -2.27. The molecule has 0 atom stereocenters. The van der Waals surface area contributed by atoms with E-state index in [1.807, 2.05) is 13.8 Å². The van der Waals surface area contributed by atoms with Gasteiger partial charge in [-0.2, -0.15) is 0 Å². The SMILES string of the molecule is CCCc1nc(C)c(CN2CCc3c(ncn(CC)c3=O)C2)o1. The predicted octanol–water partition coefficient (Wildman–Crippen LogP) is 2.07. The first-order valence-corrected chi connectivity index (χ1v) is 8.37. The van der Waals surface area contributed by atoms with Crippen LogP contribution in [-0.4, -0.2) is 26.0 Å². The highest BCUT2D eigenvalue weighted by Crippen LogP contribution is 2.19. The first-order valence-electron chi connectivity index (χ1n) is 8.37. The number of hydrogen-bond donors (Lipinski definition) is 0. The van der Waals surface area contributed by atoms with E-state index in [0.29, 0.717) is 13.1 Å².